The molecule has 0 spiro atoms. The number of carboxylic acid groups (broad SMARTS) is 1. The SMILES string of the molecule is COC(=O)CCCCCN1Cc2c(cc(OC)c(OC)c2-c2cc(C)cc(C)c2)C1=O.COc1cc2c(c(-c3cc(C)cc(C)c3)c1OC)CN(CCCCCC(=O)O)C2=O.O.[Li+].[OH-]. The zero-order valence-electron chi connectivity index (χ0n) is 39.1. The smallest absolute Gasteiger partial charge is 0.870 e. The van der Waals surface area contributed by atoms with E-state index in [0.717, 1.165) is 87.7 Å². The van der Waals surface area contributed by atoms with Crippen LogP contribution in [0.2, 0.25) is 0 Å². The van der Waals surface area contributed by atoms with Gasteiger partial charge in [-0.25, -0.2) is 0 Å². The van der Waals surface area contributed by atoms with Gasteiger partial charge < -0.3 is 49.5 Å². The number of ether oxygens (including phenoxy) is 5. The van der Waals surface area contributed by atoms with Crippen molar-refractivity contribution in [1.82, 2.24) is 9.80 Å². The molecule has 0 radical (unpaired) electrons. The maximum absolute atomic E-state index is 13.2. The van der Waals surface area contributed by atoms with Crippen molar-refractivity contribution in [1.29, 1.82) is 0 Å². The molecule has 0 aromatic heterocycles. The zero-order valence-corrected chi connectivity index (χ0v) is 39.1. The van der Waals surface area contributed by atoms with E-state index in [1.165, 1.54) is 7.11 Å². The normalized spacial score (nSPS) is 12.1. The molecule has 0 saturated carbocycles. The molecule has 14 nitrogen and oxygen atoms in total. The molecule has 0 unspecified atom stereocenters. The topological polar surface area (TPSA) is 203 Å². The Morgan fingerprint density at radius 3 is 1.27 bits per heavy atom. The van der Waals surface area contributed by atoms with E-state index in [0.29, 0.717) is 73.1 Å². The number of aliphatic carboxylic acids is 1. The fourth-order valence-electron chi connectivity index (χ4n) is 8.46. The van der Waals surface area contributed by atoms with Gasteiger partial charge in [-0.15, -0.1) is 0 Å². The number of aryl methyl sites for hydroxylation is 4. The van der Waals surface area contributed by atoms with Gasteiger partial charge in [0.2, 0.25) is 0 Å². The van der Waals surface area contributed by atoms with Crippen LogP contribution in [0.25, 0.3) is 22.3 Å². The summed E-state index contributed by atoms with van der Waals surface area (Å²) in [4.78, 5) is 51.9. The second-order valence-corrected chi connectivity index (χ2v) is 15.8. The Morgan fingerprint density at radius 2 is 0.938 bits per heavy atom. The number of esters is 1. The third-order valence-electron chi connectivity index (χ3n) is 11.2. The molecule has 0 atom stereocenters. The summed E-state index contributed by atoms with van der Waals surface area (Å²) in [6.45, 7) is 10.5. The van der Waals surface area contributed by atoms with Crippen LogP contribution in [-0.4, -0.2) is 98.3 Å². The largest absolute Gasteiger partial charge is 1.00 e. The predicted octanol–water partition coefficient (Wildman–Crippen LogP) is 5.27. The van der Waals surface area contributed by atoms with Gasteiger partial charge in [-0.3, -0.25) is 19.2 Å². The summed E-state index contributed by atoms with van der Waals surface area (Å²) in [7, 11) is 7.82. The number of carbonyl (C=O) groups excluding carboxylic acids is 3. The first-order valence-corrected chi connectivity index (χ1v) is 20.8. The minimum atomic E-state index is -0.781. The summed E-state index contributed by atoms with van der Waals surface area (Å²) in [6.07, 6.45) is 5.23. The maximum atomic E-state index is 13.2. The van der Waals surface area contributed by atoms with E-state index < -0.39 is 5.97 Å². The third kappa shape index (κ3) is 12.8. The van der Waals surface area contributed by atoms with Crippen molar-refractivity contribution in [2.24, 2.45) is 0 Å². The molecule has 342 valence electrons. The van der Waals surface area contributed by atoms with Crippen LogP contribution in [-0.2, 0) is 27.4 Å². The third-order valence-corrected chi connectivity index (χ3v) is 11.2. The van der Waals surface area contributed by atoms with Gasteiger partial charge in [0.15, 0.2) is 23.0 Å². The summed E-state index contributed by atoms with van der Waals surface area (Å²) in [5.41, 5.74) is 11.7. The van der Waals surface area contributed by atoms with Crippen LogP contribution in [0, 0.1) is 27.7 Å². The number of carboxylic acids is 1. The van der Waals surface area contributed by atoms with Crippen molar-refractivity contribution in [2.45, 2.75) is 92.2 Å². The van der Waals surface area contributed by atoms with Crippen LogP contribution in [0.1, 0.15) is 105 Å². The van der Waals surface area contributed by atoms with Crippen molar-refractivity contribution >= 4 is 23.8 Å². The van der Waals surface area contributed by atoms with Gasteiger partial charge in [0.1, 0.15) is 0 Å². The van der Waals surface area contributed by atoms with Gasteiger partial charge in [0.25, 0.3) is 11.8 Å². The van der Waals surface area contributed by atoms with Crippen LogP contribution in [0.3, 0.4) is 0 Å². The van der Waals surface area contributed by atoms with Gasteiger partial charge in [-0.1, -0.05) is 71.5 Å². The second-order valence-electron chi connectivity index (χ2n) is 15.8. The van der Waals surface area contributed by atoms with Crippen molar-refractivity contribution in [3.05, 3.63) is 93.0 Å². The summed E-state index contributed by atoms with van der Waals surface area (Å²) >= 11 is 0. The summed E-state index contributed by atoms with van der Waals surface area (Å²) < 4.78 is 27.3. The molecule has 0 fully saturated rings. The molecule has 0 aliphatic carbocycles. The maximum Gasteiger partial charge on any atom is 1.00 e. The molecular weight excluding hydrogens is 815 g/mol. The molecule has 6 rings (SSSR count). The first kappa shape index (κ1) is 54.6. The van der Waals surface area contributed by atoms with E-state index >= 15 is 0 Å². The standard InChI is InChI=1S/C25H31NO5.C24H29NO5.Li.2H2O/c1-16-11-17(2)13-18(12-16)23-20-15-26(10-8-6-7-9-22(27)30-4)25(28)19(20)14-21(29-3)24(23)31-5;1-15-10-16(2)12-17(11-15)22-19-14-25(9-7-5-6-8-21(26)27)24(28)18(19)13-20(29-3)23(22)30-4;;;/h11-14H,6-10,15H2,1-5H3;10-13H,5-9,14H2,1-4H3,(H,26,27);;2*1H2/q;;+1;;/p-1. The molecule has 0 saturated heterocycles. The molecule has 0 bridgehead atoms. The minimum absolute atomic E-state index is 0. The second kappa shape index (κ2) is 25.1. The summed E-state index contributed by atoms with van der Waals surface area (Å²) in [6, 6.07) is 16.2. The van der Waals surface area contributed by atoms with Crippen LogP contribution < -0.4 is 37.8 Å². The average Bonchev–Trinajstić information content (AvgIpc) is 3.71. The average molecular weight is 879 g/mol. The number of methoxy groups -OCH3 is 5. The summed E-state index contributed by atoms with van der Waals surface area (Å²) in [5, 5.41) is 8.77. The van der Waals surface area contributed by atoms with Crippen molar-refractivity contribution in [3.63, 3.8) is 0 Å². The van der Waals surface area contributed by atoms with Crippen molar-refractivity contribution in [3.8, 4) is 45.3 Å². The van der Waals surface area contributed by atoms with E-state index in [4.69, 9.17) is 24.1 Å². The fraction of sp³-hybridized carbons (Fsp3) is 0.429. The molecular formula is C49H63LiN2O12. The molecule has 4 aromatic rings. The minimum Gasteiger partial charge on any atom is -0.870 e. The summed E-state index contributed by atoms with van der Waals surface area (Å²) in [5.74, 6) is 1.41. The Labute approximate surface area is 389 Å². The molecule has 2 aliphatic rings. The van der Waals surface area contributed by atoms with Gasteiger partial charge in [0.05, 0.1) is 35.5 Å². The van der Waals surface area contributed by atoms with E-state index in [9.17, 15) is 19.2 Å². The Morgan fingerprint density at radius 1 is 0.562 bits per heavy atom. The number of fused-ring (bicyclic) bond motifs is 2. The number of benzene rings is 4. The van der Waals surface area contributed by atoms with E-state index in [1.807, 2.05) is 9.80 Å². The number of carbonyl (C=O) groups is 4. The fourth-order valence-corrected chi connectivity index (χ4v) is 8.46. The molecule has 2 aliphatic heterocycles. The number of hydrogen-bond acceptors (Lipinski definition) is 10. The number of amides is 2. The Hall–Kier alpha value is -5.52. The molecule has 2 heterocycles. The number of nitrogens with zero attached hydrogens (tertiary/aromatic N) is 2. The van der Waals surface area contributed by atoms with Gasteiger partial charge >= 0.3 is 30.8 Å². The first-order valence-electron chi connectivity index (χ1n) is 20.8. The molecule has 4 aromatic carbocycles. The number of rotatable bonds is 18. The Bertz CT molecular complexity index is 2240. The molecule has 64 heavy (non-hydrogen) atoms. The zero-order chi connectivity index (χ0) is 44.4. The van der Waals surface area contributed by atoms with E-state index in [2.05, 4.69) is 68.8 Å². The number of unbranched alkanes of at least 4 members (excludes halogenated alkanes) is 4. The van der Waals surface area contributed by atoms with Gasteiger partial charge in [-0.2, -0.15) is 0 Å². The van der Waals surface area contributed by atoms with Crippen molar-refractivity contribution in [2.75, 3.05) is 48.6 Å². The molecule has 4 N–H and O–H groups in total. The van der Waals surface area contributed by atoms with Crippen molar-refractivity contribution < 1.29 is 77.8 Å². The van der Waals surface area contributed by atoms with E-state index in [-0.39, 0.29) is 54.0 Å². The monoisotopic (exact) mass is 878 g/mol. The Kier molecular flexibility index (Phi) is 21.4. The quantitative estimate of drug-likeness (QED) is 0.0776. The molecule has 2 amide bonds. The van der Waals surface area contributed by atoms with Gasteiger partial charge in [-0.05, 0) is 87.8 Å². The van der Waals surface area contributed by atoms with Crippen LogP contribution in [0.4, 0.5) is 0 Å². The van der Waals surface area contributed by atoms with Crippen LogP contribution in [0.15, 0.2) is 48.5 Å². The first-order chi connectivity index (χ1) is 29.2. The van der Waals surface area contributed by atoms with Crippen LogP contribution >= 0.6 is 0 Å². The van der Waals surface area contributed by atoms with Crippen LogP contribution in [0.5, 0.6) is 23.0 Å². The molecule has 15 heteroatoms. The number of hydrogen-bond donors (Lipinski definition) is 1. The predicted molar refractivity (Wildman–Crippen MR) is 241 cm³/mol. The van der Waals surface area contributed by atoms with Gasteiger partial charge in [0, 0.05) is 61.3 Å². The van der Waals surface area contributed by atoms with E-state index in [1.54, 1.807) is 40.6 Å². The Balaban J connectivity index is 0.000000421.